The molecule has 4 rings (SSSR count). The highest BCUT2D eigenvalue weighted by Gasteiger charge is 2.22. The van der Waals surface area contributed by atoms with Crippen LogP contribution in [0.15, 0.2) is 48.5 Å². The van der Waals surface area contributed by atoms with E-state index in [9.17, 15) is 0 Å². The number of rotatable bonds is 8. The molecule has 4 heteroatoms. The SMILES string of the molecule is CCc1nc2ccccc2n1CC(Cn1c(CC)nc2ccccc21)C(C)CC. The lowest BCUT2D eigenvalue weighted by atomic mass is 9.91. The number of aryl methyl sites for hydroxylation is 2. The van der Waals surface area contributed by atoms with Gasteiger partial charge in [-0.15, -0.1) is 0 Å². The number of imidazole rings is 2. The zero-order chi connectivity index (χ0) is 20.4. The third-order valence-electron chi connectivity index (χ3n) is 6.38. The molecule has 4 nitrogen and oxygen atoms in total. The van der Waals surface area contributed by atoms with Crippen molar-refractivity contribution in [2.24, 2.45) is 11.8 Å². The van der Waals surface area contributed by atoms with Gasteiger partial charge in [0.2, 0.25) is 0 Å². The summed E-state index contributed by atoms with van der Waals surface area (Å²) < 4.78 is 4.91. The average Bonchev–Trinajstić information content (AvgIpc) is 3.30. The number of nitrogens with zero attached hydrogens (tertiary/aromatic N) is 4. The molecule has 152 valence electrons. The van der Waals surface area contributed by atoms with Crippen molar-refractivity contribution in [2.45, 2.75) is 60.0 Å². The molecule has 0 aliphatic heterocycles. The molecular formula is C25H32N4. The van der Waals surface area contributed by atoms with E-state index in [1.54, 1.807) is 0 Å². The van der Waals surface area contributed by atoms with Crippen LogP contribution in [0, 0.1) is 11.8 Å². The van der Waals surface area contributed by atoms with E-state index >= 15 is 0 Å². The lowest BCUT2D eigenvalue weighted by molar-refractivity contribution is 0.270. The van der Waals surface area contributed by atoms with Gasteiger partial charge in [0, 0.05) is 25.9 Å². The van der Waals surface area contributed by atoms with Crippen LogP contribution in [0.4, 0.5) is 0 Å². The van der Waals surface area contributed by atoms with Gasteiger partial charge in [-0.25, -0.2) is 9.97 Å². The van der Waals surface area contributed by atoms with Crippen LogP contribution in [0.1, 0.15) is 45.8 Å². The van der Waals surface area contributed by atoms with Crippen molar-refractivity contribution < 1.29 is 0 Å². The van der Waals surface area contributed by atoms with Crippen LogP contribution in [0.2, 0.25) is 0 Å². The monoisotopic (exact) mass is 388 g/mol. The smallest absolute Gasteiger partial charge is 0.109 e. The Morgan fingerprint density at radius 1 is 0.724 bits per heavy atom. The predicted molar refractivity (Wildman–Crippen MR) is 121 cm³/mol. The molecule has 29 heavy (non-hydrogen) atoms. The standard InChI is InChI=1S/C25H32N4/c1-5-18(4)19(16-28-22-14-10-8-12-20(22)26-24(28)6-2)17-29-23-15-11-9-13-21(23)27-25(29)7-3/h8-15,18-19H,5-7,16-17H2,1-4H3. The van der Waals surface area contributed by atoms with Gasteiger partial charge in [-0.05, 0) is 36.1 Å². The van der Waals surface area contributed by atoms with E-state index in [1.807, 2.05) is 0 Å². The molecule has 2 aromatic carbocycles. The van der Waals surface area contributed by atoms with E-state index in [2.05, 4.69) is 85.4 Å². The summed E-state index contributed by atoms with van der Waals surface area (Å²) in [7, 11) is 0. The summed E-state index contributed by atoms with van der Waals surface area (Å²) >= 11 is 0. The first-order valence-corrected chi connectivity index (χ1v) is 11.0. The number of hydrogen-bond donors (Lipinski definition) is 0. The van der Waals surface area contributed by atoms with Gasteiger partial charge in [-0.3, -0.25) is 0 Å². The Kier molecular flexibility index (Phi) is 5.70. The quantitative estimate of drug-likeness (QED) is 0.378. The fourth-order valence-electron chi connectivity index (χ4n) is 4.42. The highest BCUT2D eigenvalue weighted by Crippen LogP contribution is 2.27. The van der Waals surface area contributed by atoms with Crippen LogP contribution in [0.3, 0.4) is 0 Å². The molecule has 1 unspecified atom stereocenters. The first-order valence-electron chi connectivity index (χ1n) is 11.0. The first kappa shape index (κ1) is 19.7. The summed E-state index contributed by atoms with van der Waals surface area (Å²) in [6.45, 7) is 11.1. The number of para-hydroxylation sites is 4. The van der Waals surface area contributed by atoms with Gasteiger partial charge in [0.25, 0.3) is 0 Å². The lowest BCUT2D eigenvalue weighted by Crippen LogP contribution is -2.25. The molecule has 0 bridgehead atoms. The van der Waals surface area contributed by atoms with Gasteiger partial charge in [-0.1, -0.05) is 58.4 Å². The highest BCUT2D eigenvalue weighted by atomic mass is 15.1. The van der Waals surface area contributed by atoms with Crippen molar-refractivity contribution >= 4 is 22.1 Å². The maximum atomic E-state index is 4.89. The Morgan fingerprint density at radius 3 is 1.59 bits per heavy atom. The number of hydrogen-bond acceptors (Lipinski definition) is 2. The van der Waals surface area contributed by atoms with E-state index in [1.165, 1.54) is 29.1 Å². The number of fused-ring (bicyclic) bond motifs is 2. The molecule has 0 amide bonds. The van der Waals surface area contributed by atoms with Crippen LogP contribution in [0.5, 0.6) is 0 Å². The summed E-state index contributed by atoms with van der Waals surface area (Å²) in [6, 6.07) is 17.1. The van der Waals surface area contributed by atoms with E-state index in [-0.39, 0.29) is 0 Å². The van der Waals surface area contributed by atoms with Gasteiger partial charge in [0.15, 0.2) is 0 Å². The summed E-state index contributed by atoms with van der Waals surface area (Å²) in [5.41, 5.74) is 4.72. The lowest BCUT2D eigenvalue weighted by Gasteiger charge is -2.26. The van der Waals surface area contributed by atoms with E-state index in [0.29, 0.717) is 11.8 Å². The third-order valence-corrected chi connectivity index (χ3v) is 6.38. The minimum absolute atomic E-state index is 0.519. The van der Waals surface area contributed by atoms with Crippen molar-refractivity contribution in [1.29, 1.82) is 0 Å². The van der Waals surface area contributed by atoms with Gasteiger partial charge < -0.3 is 9.13 Å². The second kappa shape index (κ2) is 8.40. The third kappa shape index (κ3) is 3.68. The van der Waals surface area contributed by atoms with Crippen LogP contribution in [-0.2, 0) is 25.9 Å². The molecule has 1 atom stereocenters. The fourth-order valence-corrected chi connectivity index (χ4v) is 4.42. The Morgan fingerprint density at radius 2 is 1.17 bits per heavy atom. The Balaban J connectivity index is 1.74. The van der Waals surface area contributed by atoms with Crippen molar-refractivity contribution in [1.82, 2.24) is 19.1 Å². The number of benzene rings is 2. The van der Waals surface area contributed by atoms with Gasteiger partial charge in [0.1, 0.15) is 11.6 Å². The predicted octanol–water partition coefficient (Wildman–Crippen LogP) is 5.87. The second-order valence-electron chi connectivity index (χ2n) is 8.11. The second-order valence-corrected chi connectivity index (χ2v) is 8.11. The molecule has 2 aromatic heterocycles. The zero-order valence-corrected chi connectivity index (χ0v) is 18.1. The minimum Gasteiger partial charge on any atom is -0.328 e. The minimum atomic E-state index is 0.519. The molecule has 0 aliphatic carbocycles. The summed E-state index contributed by atoms with van der Waals surface area (Å²) in [5, 5.41) is 0. The molecule has 0 radical (unpaired) electrons. The highest BCUT2D eigenvalue weighted by molar-refractivity contribution is 5.76. The maximum absolute atomic E-state index is 4.89. The molecule has 0 N–H and O–H groups in total. The normalized spacial score (nSPS) is 13.0. The molecule has 0 aliphatic rings. The van der Waals surface area contributed by atoms with E-state index in [0.717, 1.165) is 37.0 Å². The molecular weight excluding hydrogens is 356 g/mol. The molecule has 0 saturated carbocycles. The van der Waals surface area contributed by atoms with E-state index in [4.69, 9.17) is 9.97 Å². The van der Waals surface area contributed by atoms with Crippen molar-refractivity contribution in [3.63, 3.8) is 0 Å². The first-order chi connectivity index (χ1) is 14.2. The summed E-state index contributed by atoms with van der Waals surface area (Å²) in [4.78, 5) is 9.79. The molecule has 0 saturated heterocycles. The Hall–Kier alpha value is -2.62. The maximum Gasteiger partial charge on any atom is 0.109 e. The van der Waals surface area contributed by atoms with E-state index < -0.39 is 0 Å². The molecule has 4 aromatic rings. The fraction of sp³-hybridized carbons (Fsp3) is 0.440. The van der Waals surface area contributed by atoms with Gasteiger partial charge in [-0.2, -0.15) is 0 Å². The Bertz CT molecular complexity index is 1020. The molecule has 0 spiro atoms. The largest absolute Gasteiger partial charge is 0.328 e. The number of aromatic nitrogens is 4. The van der Waals surface area contributed by atoms with Crippen LogP contribution >= 0.6 is 0 Å². The molecule has 0 fully saturated rings. The van der Waals surface area contributed by atoms with Gasteiger partial charge in [0.05, 0.1) is 22.1 Å². The van der Waals surface area contributed by atoms with Gasteiger partial charge >= 0.3 is 0 Å². The molecule has 2 heterocycles. The summed E-state index contributed by atoms with van der Waals surface area (Å²) in [6.07, 6.45) is 3.08. The zero-order valence-electron chi connectivity index (χ0n) is 18.1. The van der Waals surface area contributed by atoms with Crippen LogP contribution in [-0.4, -0.2) is 19.1 Å². The average molecular weight is 389 g/mol. The van der Waals surface area contributed by atoms with Crippen molar-refractivity contribution in [3.8, 4) is 0 Å². The van der Waals surface area contributed by atoms with Crippen LogP contribution < -0.4 is 0 Å². The van der Waals surface area contributed by atoms with Crippen molar-refractivity contribution in [3.05, 3.63) is 60.2 Å². The van der Waals surface area contributed by atoms with Crippen molar-refractivity contribution in [2.75, 3.05) is 0 Å². The topological polar surface area (TPSA) is 35.6 Å². The summed E-state index contributed by atoms with van der Waals surface area (Å²) in [5.74, 6) is 3.51. The Labute approximate surface area is 173 Å². The van der Waals surface area contributed by atoms with Crippen LogP contribution in [0.25, 0.3) is 22.1 Å².